The van der Waals surface area contributed by atoms with Gasteiger partial charge >= 0.3 is 0 Å². The molecule has 2 aromatic carbocycles. The van der Waals surface area contributed by atoms with Crippen LogP contribution in [0.3, 0.4) is 0 Å². The summed E-state index contributed by atoms with van der Waals surface area (Å²) in [5.41, 5.74) is 3.45. The molecule has 0 spiro atoms. The van der Waals surface area contributed by atoms with Crippen molar-refractivity contribution in [1.29, 1.82) is 0 Å². The fourth-order valence-electron chi connectivity index (χ4n) is 3.74. The van der Waals surface area contributed by atoms with Crippen LogP contribution in [0.5, 0.6) is 11.5 Å². The van der Waals surface area contributed by atoms with Gasteiger partial charge in [-0.2, -0.15) is 0 Å². The van der Waals surface area contributed by atoms with Crippen LogP contribution in [-0.2, 0) is 11.2 Å². The molecule has 0 unspecified atom stereocenters. The van der Waals surface area contributed by atoms with E-state index in [2.05, 4.69) is 38.1 Å². The van der Waals surface area contributed by atoms with E-state index in [0.717, 1.165) is 30.7 Å². The molecular weight excluding hydrogens is 338 g/mol. The van der Waals surface area contributed by atoms with Crippen molar-refractivity contribution in [2.45, 2.75) is 32.3 Å². The van der Waals surface area contributed by atoms with Crippen molar-refractivity contribution < 1.29 is 14.3 Å². The maximum Gasteiger partial charge on any atom is 0.260 e. The van der Waals surface area contributed by atoms with Crippen LogP contribution in [0.2, 0.25) is 0 Å². The zero-order valence-corrected chi connectivity index (χ0v) is 15.9. The van der Waals surface area contributed by atoms with Gasteiger partial charge in [0.05, 0.1) is 0 Å². The van der Waals surface area contributed by atoms with E-state index < -0.39 is 0 Å². The second-order valence-corrected chi connectivity index (χ2v) is 7.76. The fourth-order valence-corrected chi connectivity index (χ4v) is 3.74. The molecule has 0 fully saturated rings. The highest BCUT2D eigenvalue weighted by molar-refractivity contribution is 5.79. The van der Waals surface area contributed by atoms with E-state index in [-0.39, 0.29) is 18.1 Å². The maximum atomic E-state index is 12.6. The number of fused-ring (bicyclic) bond motifs is 1. The number of ether oxygens (including phenoxy) is 2. The summed E-state index contributed by atoms with van der Waals surface area (Å²) >= 11 is 0. The average molecular weight is 363 g/mol. The molecule has 0 aliphatic carbocycles. The number of carbonyl (C=O) groups is 1. The monoisotopic (exact) mass is 363 g/mol. The molecule has 0 aromatic heterocycles. The Morgan fingerprint density at radius 2 is 1.96 bits per heavy atom. The molecular formula is C23H25NO3. The average Bonchev–Trinajstić information content (AvgIpc) is 3.01. The molecule has 0 bridgehead atoms. The Balaban J connectivity index is 1.37. The van der Waals surface area contributed by atoms with Crippen LogP contribution in [0.4, 0.5) is 0 Å². The number of nitrogens with zero attached hydrogens (tertiary/aromatic N) is 1. The van der Waals surface area contributed by atoms with E-state index in [0.29, 0.717) is 12.3 Å². The first-order valence-electron chi connectivity index (χ1n) is 9.48. The quantitative estimate of drug-likeness (QED) is 0.821. The van der Waals surface area contributed by atoms with Gasteiger partial charge in [-0.3, -0.25) is 4.79 Å². The first-order chi connectivity index (χ1) is 13.0. The molecule has 140 valence electrons. The van der Waals surface area contributed by atoms with Crippen LogP contribution >= 0.6 is 0 Å². The lowest BCUT2D eigenvalue weighted by Gasteiger charge is -2.27. The van der Waals surface area contributed by atoms with Crippen molar-refractivity contribution in [2.24, 2.45) is 0 Å². The Morgan fingerprint density at radius 1 is 1.15 bits per heavy atom. The third kappa shape index (κ3) is 3.85. The largest absolute Gasteiger partial charge is 0.483 e. The minimum atomic E-state index is -0.225. The SMILES string of the molecule is CC1(C)Cc2cccc(OCC(=O)N3CC=C(c4ccccc4)CC3)c2O1. The van der Waals surface area contributed by atoms with E-state index in [4.69, 9.17) is 9.47 Å². The molecule has 2 aliphatic rings. The van der Waals surface area contributed by atoms with Gasteiger partial charge in [0.2, 0.25) is 0 Å². The molecule has 0 saturated heterocycles. The highest BCUT2D eigenvalue weighted by Gasteiger charge is 2.32. The zero-order valence-electron chi connectivity index (χ0n) is 15.9. The van der Waals surface area contributed by atoms with E-state index in [1.165, 1.54) is 11.1 Å². The predicted molar refractivity (Wildman–Crippen MR) is 106 cm³/mol. The highest BCUT2D eigenvalue weighted by atomic mass is 16.5. The molecule has 0 saturated carbocycles. The minimum Gasteiger partial charge on any atom is -0.483 e. The van der Waals surface area contributed by atoms with Crippen molar-refractivity contribution in [3.8, 4) is 11.5 Å². The number of benzene rings is 2. The summed E-state index contributed by atoms with van der Waals surface area (Å²) in [6.45, 7) is 5.51. The van der Waals surface area contributed by atoms with Crippen LogP contribution in [0.1, 0.15) is 31.4 Å². The first kappa shape index (κ1) is 17.7. The molecule has 27 heavy (non-hydrogen) atoms. The summed E-state index contributed by atoms with van der Waals surface area (Å²) in [6, 6.07) is 16.2. The number of hydrogen-bond acceptors (Lipinski definition) is 3. The van der Waals surface area contributed by atoms with E-state index in [9.17, 15) is 4.79 Å². The number of amides is 1. The molecule has 0 atom stereocenters. The second kappa shape index (κ2) is 7.10. The van der Waals surface area contributed by atoms with Crippen molar-refractivity contribution in [3.05, 3.63) is 65.7 Å². The molecule has 0 N–H and O–H groups in total. The van der Waals surface area contributed by atoms with Crippen molar-refractivity contribution in [2.75, 3.05) is 19.7 Å². The Hall–Kier alpha value is -2.75. The third-order valence-corrected chi connectivity index (χ3v) is 5.11. The van der Waals surface area contributed by atoms with Crippen LogP contribution < -0.4 is 9.47 Å². The molecule has 4 heteroatoms. The van der Waals surface area contributed by atoms with E-state index >= 15 is 0 Å². The molecule has 1 amide bonds. The van der Waals surface area contributed by atoms with Crippen molar-refractivity contribution in [1.82, 2.24) is 4.90 Å². The smallest absolute Gasteiger partial charge is 0.260 e. The molecule has 2 aliphatic heterocycles. The summed E-state index contributed by atoms with van der Waals surface area (Å²) in [5.74, 6) is 1.44. The minimum absolute atomic E-state index is 0.00761. The van der Waals surface area contributed by atoms with Gasteiger partial charge in [-0.15, -0.1) is 0 Å². The lowest BCUT2D eigenvalue weighted by Crippen LogP contribution is -2.37. The predicted octanol–water partition coefficient (Wildman–Crippen LogP) is 4.09. The van der Waals surface area contributed by atoms with Gasteiger partial charge in [0.1, 0.15) is 5.60 Å². The zero-order chi connectivity index (χ0) is 18.9. The van der Waals surface area contributed by atoms with E-state index in [1.54, 1.807) is 0 Å². The molecule has 2 heterocycles. The highest BCUT2D eigenvalue weighted by Crippen LogP contribution is 2.41. The topological polar surface area (TPSA) is 38.8 Å². The normalized spacial score (nSPS) is 17.7. The lowest BCUT2D eigenvalue weighted by atomic mass is 10.00. The lowest BCUT2D eigenvalue weighted by molar-refractivity contribution is -0.132. The summed E-state index contributed by atoms with van der Waals surface area (Å²) < 4.78 is 11.8. The number of hydrogen-bond donors (Lipinski definition) is 0. The first-order valence-corrected chi connectivity index (χ1v) is 9.48. The maximum absolute atomic E-state index is 12.6. The standard InChI is InChI=1S/C23H25NO3/c1-23(2)15-19-9-6-10-20(22(19)27-23)26-16-21(25)24-13-11-18(12-14-24)17-7-4-3-5-8-17/h3-11H,12-16H2,1-2H3. The van der Waals surface area contributed by atoms with Gasteiger partial charge in [0.25, 0.3) is 5.91 Å². The molecule has 2 aromatic rings. The Bertz CT molecular complexity index is 870. The van der Waals surface area contributed by atoms with Crippen LogP contribution in [0.15, 0.2) is 54.6 Å². The van der Waals surface area contributed by atoms with Crippen molar-refractivity contribution >= 4 is 11.5 Å². The van der Waals surface area contributed by atoms with Gasteiger partial charge in [-0.1, -0.05) is 48.5 Å². The number of para-hydroxylation sites is 1. The number of carbonyl (C=O) groups excluding carboxylic acids is 1. The summed E-state index contributed by atoms with van der Waals surface area (Å²) in [7, 11) is 0. The Labute approximate surface area is 160 Å². The van der Waals surface area contributed by atoms with Gasteiger partial charge in [-0.25, -0.2) is 0 Å². The van der Waals surface area contributed by atoms with Crippen LogP contribution in [0, 0.1) is 0 Å². The second-order valence-electron chi connectivity index (χ2n) is 7.76. The summed E-state index contributed by atoms with van der Waals surface area (Å²) in [6.07, 6.45) is 3.86. The number of rotatable bonds is 4. The van der Waals surface area contributed by atoms with E-state index in [1.807, 2.05) is 35.2 Å². The molecule has 0 radical (unpaired) electrons. The van der Waals surface area contributed by atoms with Gasteiger partial charge in [-0.05, 0) is 37.5 Å². The van der Waals surface area contributed by atoms with Crippen LogP contribution in [-0.4, -0.2) is 36.1 Å². The fraction of sp³-hybridized carbons (Fsp3) is 0.348. The summed E-state index contributed by atoms with van der Waals surface area (Å²) in [5, 5.41) is 0. The Kier molecular flexibility index (Phi) is 4.65. The summed E-state index contributed by atoms with van der Waals surface area (Å²) in [4.78, 5) is 14.4. The van der Waals surface area contributed by atoms with Gasteiger partial charge in [0, 0.05) is 25.1 Å². The van der Waals surface area contributed by atoms with Crippen molar-refractivity contribution in [3.63, 3.8) is 0 Å². The van der Waals surface area contributed by atoms with Crippen LogP contribution in [0.25, 0.3) is 5.57 Å². The van der Waals surface area contributed by atoms with Gasteiger partial charge < -0.3 is 14.4 Å². The molecule has 4 rings (SSSR count). The van der Waals surface area contributed by atoms with Gasteiger partial charge in [0.15, 0.2) is 18.1 Å². The molecule has 4 nitrogen and oxygen atoms in total. The third-order valence-electron chi connectivity index (χ3n) is 5.11. The Morgan fingerprint density at radius 3 is 2.70 bits per heavy atom.